The van der Waals surface area contributed by atoms with Gasteiger partial charge in [-0.1, -0.05) is 44.2 Å². The Morgan fingerprint density at radius 2 is 1.77 bits per heavy atom. The van der Waals surface area contributed by atoms with Crippen molar-refractivity contribution in [3.63, 3.8) is 0 Å². The molecule has 1 aromatic carbocycles. The van der Waals surface area contributed by atoms with Gasteiger partial charge in [-0.05, 0) is 30.7 Å². The smallest absolute Gasteiger partial charge is 0.281 e. The molecule has 2 rings (SSSR count). The summed E-state index contributed by atoms with van der Waals surface area (Å²) < 4.78 is 27.1. The summed E-state index contributed by atoms with van der Waals surface area (Å²) in [6.07, 6.45) is 1.99. The Morgan fingerprint density at radius 3 is 2.27 bits per heavy atom. The van der Waals surface area contributed by atoms with E-state index in [-0.39, 0.29) is 17.9 Å². The third-order valence-corrected chi connectivity index (χ3v) is 6.78. The molecule has 6 nitrogen and oxygen atoms in total. The fourth-order valence-corrected chi connectivity index (χ4v) is 4.44. The topological polar surface area (TPSA) is 69.7 Å². The molecular formula is C19H31N3O3S. The van der Waals surface area contributed by atoms with Crippen LogP contribution in [0.1, 0.15) is 44.7 Å². The highest BCUT2D eigenvalue weighted by molar-refractivity contribution is 7.86. The van der Waals surface area contributed by atoms with Crippen LogP contribution in [0.3, 0.4) is 0 Å². The van der Waals surface area contributed by atoms with Gasteiger partial charge in [-0.25, -0.2) is 0 Å². The van der Waals surface area contributed by atoms with Gasteiger partial charge in [-0.15, -0.1) is 0 Å². The molecule has 146 valence electrons. The lowest BCUT2D eigenvalue weighted by molar-refractivity contribution is -0.127. The van der Waals surface area contributed by atoms with E-state index in [2.05, 4.69) is 19.2 Å². The number of hydrogen-bond acceptors (Lipinski definition) is 3. The predicted molar refractivity (Wildman–Crippen MR) is 104 cm³/mol. The molecule has 1 aliphatic heterocycles. The maximum Gasteiger partial charge on any atom is 0.281 e. The number of nitrogens with zero attached hydrogens (tertiary/aromatic N) is 2. The first-order valence-electron chi connectivity index (χ1n) is 9.24. The lowest BCUT2D eigenvalue weighted by Crippen LogP contribution is -2.47. The van der Waals surface area contributed by atoms with Gasteiger partial charge in [0.2, 0.25) is 5.91 Å². The molecular weight excluding hydrogens is 350 g/mol. The Bertz CT molecular complexity index is 681. The van der Waals surface area contributed by atoms with E-state index in [1.54, 1.807) is 0 Å². The quantitative estimate of drug-likeness (QED) is 0.788. The summed E-state index contributed by atoms with van der Waals surface area (Å²) in [4.78, 5) is 12.8. The zero-order chi connectivity index (χ0) is 19.3. The number of hydrogen-bond donors (Lipinski definition) is 1. The highest BCUT2D eigenvalue weighted by Crippen LogP contribution is 2.25. The monoisotopic (exact) mass is 381 g/mol. The highest BCUT2D eigenvalue weighted by Gasteiger charge is 2.33. The number of amides is 1. The zero-order valence-electron chi connectivity index (χ0n) is 16.2. The van der Waals surface area contributed by atoms with Crippen molar-refractivity contribution < 1.29 is 13.2 Å². The minimum absolute atomic E-state index is 0.00719. The molecule has 1 fully saturated rings. The van der Waals surface area contributed by atoms with Crippen LogP contribution < -0.4 is 5.32 Å². The van der Waals surface area contributed by atoms with E-state index in [1.807, 2.05) is 30.3 Å². The first-order valence-corrected chi connectivity index (χ1v) is 10.6. The maximum absolute atomic E-state index is 12.8. The van der Waals surface area contributed by atoms with Gasteiger partial charge in [0, 0.05) is 33.1 Å². The van der Waals surface area contributed by atoms with Crippen molar-refractivity contribution in [1.82, 2.24) is 13.9 Å². The summed E-state index contributed by atoms with van der Waals surface area (Å²) in [5.41, 5.74) is 1.11. The van der Waals surface area contributed by atoms with E-state index in [1.165, 1.54) is 22.7 Å². The van der Waals surface area contributed by atoms with Crippen molar-refractivity contribution in [1.29, 1.82) is 0 Å². The van der Waals surface area contributed by atoms with Crippen LogP contribution in [0.4, 0.5) is 0 Å². The number of piperidine rings is 1. The number of rotatable bonds is 7. The van der Waals surface area contributed by atoms with Gasteiger partial charge in [-0.2, -0.15) is 17.0 Å². The number of carbonyl (C=O) groups is 1. The van der Waals surface area contributed by atoms with Crippen LogP contribution in [0.25, 0.3) is 0 Å². The molecule has 26 heavy (non-hydrogen) atoms. The second kappa shape index (κ2) is 8.97. The average molecular weight is 382 g/mol. The Kier molecular flexibility index (Phi) is 7.20. The van der Waals surface area contributed by atoms with Crippen LogP contribution in [0.5, 0.6) is 0 Å². The van der Waals surface area contributed by atoms with Crippen molar-refractivity contribution in [2.24, 2.45) is 11.8 Å². The van der Waals surface area contributed by atoms with E-state index in [9.17, 15) is 13.2 Å². The van der Waals surface area contributed by atoms with Crippen LogP contribution in [-0.2, 0) is 15.0 Å². The Hall–Kier alpha value is -1.44. The molecule has 1 atom stereocenters. The van der Waals surface area contributed by atoms with E-state index >= 15 is 0 Å². The van der Waals surface area contributed by atoms with Crippen molar-refractivity contribution in [2.75, 3.05) is 27.2 Å². The minimum Gasteiger partial charge on any atom is -0.349 e. The fourth-order valence-electron chi connectivity index (χ4n) is 3.30. The van der Waals surface area contributed by atoms with E-state index in [0.717, 1.165) is 12.0 Å². The van der Waals surface area contributed by atoms with Gasteiger partial charge < -0.3 is 5.32 Å². The SMILES string of the molecule is CC(C)C[C@@H](NC(=O)C1CCN(S(=O)(=O)N(C)C)CC1)c1ccccc1. The summed E-state index contributed by atoms with van der Waals surface area (Å²) >= 11 is 0. The van der Waals surface area contributed by atoms with Crippen LogP contribution >= 0.6 is 0 Å². The lowest BCUT2D eigenvalue weighted by atomic mass is 9.93. The average Bonchev–Trinajstić information content (AvgIpc) is 2.61. The summed E-state index contributed by atoms with van der Waals surface area (Å²) in [5.74, 6) is 0.357. The van der Waals surface area contributed by atoms with Crippen molar-refractivity contribution >= 4 is 16.1 Å². The predicted octanol–water partition coefficient (Wildman–Crippen LogP) is 2.41. The standard InChI is InChI=1S/C19H31N3O3S/c1-15(2)14-18(16-8-6-5-7-9-16)20-19(23)17-10-12-22(13-11-17)26(24,25)21(3)4/h5-9,15,17-18H,10-14H2,1-4H3,(H,20,23)/t18-/m1/s1. The Morgan fingerprint density at radius 1 is 1.19 bits per heavy atom. The van der Waals surface area contributed by atoms with E-state index in [4.69, 9.17) is 0 Å². The van der Waals surface area contributed by atoms with Crippen molar-refractivity contribution in [2.45, 2.75) is 39.2 Å². The van der Waals surface area contributed by atoms with Gasteiger partial charge in [0.1, 0.15) is 0 Å². The third-order valence-electron chi connectivity index (χ3n) is 4.84. The zero-order valence-corrected chi connectivity index (χ0v) is 17.0. The molecule has 1 aromatic rings. The molecule has 1 saturated heterocycles. The second-order valence-electron chi connectivity index (χ2n) is 7.56. The van der Waals surface area contributed by atoms with E-state index in [0.29, 0.717) is 31.8 Å². The molecule has 0 bridgehead atoms. The maximum atomic E-state index is 12.8. The molecule has 1 heterocycles. The summed E-state index contributed by atoms with van der Waals surface area (Å²) in [6, 6.07) is 10.0. The van der Waals surface area contributed by atoms with Crippen LogP contribution in [0, 0.1) is 11.8 Å². The summed E-state index contributed by atoms with van der Waals surface area (Å²) in [5, 5.41) is 3.19. The number of nitrogens with one attached hydrogen (secondary N) is 1. The normalized spacial score (nSPS) is 18.2. The Balaban J connectivity index is 1.98. The third kappa shape index (κ3) is 5.28. The molecule has 0 spiro atoms. The van der Waals surface area contributed by atoms with E-state index < -0.39 is 10.2 Å². The molecule has 0 radical (unpaired) electrons. The number of carbonyl (C=O) groups excluding carboxylic acids is 1. The number of benzene rings is 1. The summed E-state index contributed by atoms with van der Waals surface area (Å²) in [7, 11) is -0.332. The summed E-state index contributed by atoms with van der Waals surface area (Å²) in [6.45, 7) is 5.07. The first kappa shape index (κ1) is 20.9. The highest BCUT2D eigenvalue weighted by atomic mass is 32.2. The largest absolute Gasteiger partial charge is 0.349 e. The van der Waals surface area contributed by atoms with Gasteiger partial charge in [0.15, 0.2) is 0 Å². The molecule has 1 aliphatic rings. The molecule has 0 aromatic heterocycles. The molecule has 0 unspecified atom stereocenters. The van der Waals surface area contributed by atoms with Gasteiger partial charge in [0.05, 0.1) is 6.04 Å². The van der Waals surface area contributed by atoms with Gasteiger partial charge in [0.25, 0.3) is 10.2 Å². The molecule has 7 heteroatoms. The minimum atomic E-state index is -3.40. The second-order valence-corrected chi connectivity index (χ2v) is 9.71. The molecule has 1 amide bonds. The van der Waals surface area contributed by atoms with Crippen molar-refractivity contribution in [3.8, 4) is 0 Å². The van der Waals surface area contributed by atoms with Crippen LogP contribution in [0.2, 0.25) is 0 Å². The first-order chi connectivity index (χ1) is 12.2. The van der Waals surface area contributed by atoms with Crippen LogP contribution in [0.15, 0.2) is 30.3 Å². The fraction of sp³-hybridized carbons (Fsp3) is 0.632. The molecule has 0 saturated carbocycles. The lowest BCUT2D eigenvalue weighted by Gasteiger charge is -2.33. The van der Waals surface area contributed by atoms with Gasteiger partial charge >= 0.3 is 0 Å². The van der Waals surface area contributed by atoms with Crippen molar-refractivity contribution in [3.05, 3.63) is 35.9 Å². The van der Waals surface area contributed by atoms with Gasteiger partial charge in [-0.3, -0.25) is 4.79 Å². The van der Waals surface area contributed by atoms with Crippen LogP contribution in [-0.4, -0.2) is 50.1 Å². The Labute approximate surface area is 157 Å². The molecule has 0 aliphatic carbocycles. The molecule has 1 N–H and O–H groups in total.